The van der Waals surface area contributed by atoms with Crippen molar-refractivity contribution in [3.8, 4) is 0 Å². The van der Waals surface area contributed by atoms with E-state index in [1.54, 1.807) is 6.92 Å². The first-order valence-electron chi connectivity index (χ1n) is 4.53. The number of hydrogen-bond acceptors (Lipinski definition) is 3. The van der Waals surface area contributed by atoms with E-state index in [1.807, 2.05) is 0 Å². The third kappa shape index (κ3) is 3.81. The second-order valence-electron chi connectivity index (χ2n) is 3.37. The molecule has 6 heteroatoms. The molecule has 0 fully saturated rings. The van der Waals surface area contributed by atoms with Crippen LogP contribution in [-0.4, -0.2) is 30.1 Å². The van der Waals surface area contributed by atoms with Crippen molar-refractivity contribution >= 4 is 11.9 Å². The normalized spacial score (nSPS) is 14.7. The zero-order valence-corrected chi connectivity index (χ0v) is 8.63. The Morgan fingerprint density at radius 1 is 1.47 bits per heavy atom. The Balaban J connectivity index is 4.63. The summed E-state index contributed by atoms with van der Waals surface area (Å²) in [7, 11) is 0. The molecule has 0 rings (SSSR count). The standard InChI is InChI=1S/C9H14F2O4/c1-3-4-15-8(14)9(2,7(12)13)5-6(10)11/h6H,3-5H2,1-2H3,(H,12,13)/t9-/m1/s1. The van der Waals surface area contributed by atoms with Crippen molar-refractivity contribution in [1.29, 1.82) is 0 Å². The molecule has 0 spiro atoms. The van der Waals surface area contributed by atoms with Gasteiger partial charge in [-0.2, -0.15) is 0 Å². The van der Waals surface area contributed by atoms with Crippen LogP contribution in [0.1, 0.15) is 26.7 Å². The summed E-state index contributed by atoms with van der Waals surface area (Å²) in [5.74, 6) is -2.71. The van der Waals surface area contributed by atoms with Gasteiger partial charge in [0.1, 0.15) is 0 Å². The van der Waals surface area contributed by atoms with E-state index in [2.05, 4.69) is 4.74 Å². The number of halogens is 2. The van der Waals surface area contributed by atoms with Crippen LogP contribution in [0.25, 0.3) is 0 Å². The highest BCUT2D eigenvalue weighted by atomic mass is 19.3. The van der Waals surface area contributed by atoms with Gasteiger partial charge in [0, 0.05) is 6.42 Å². The van der Waals surface area contributed by atoms with Crippen LogP contribution < -0.4 is 0 Å². The van der Waals surface area contributed by atoms with Gasteiger partial charge < -0.3 is 9.84 Å². The van der Waals surface area contributed by atoms with Crippen molar-refractivity contribution in [2.24, 2.45) is 5.41 Å². The summed E-state index contributed by atoms with van der Waals surface area (Å²) in [5.41, 5.74) is -2.16. The zero-order chi connectivity index (χ0) is 12.1. The molecule has 15 heavy (non-hydrogen) atoms. The van der Waals surface area contributed by atoms with Crippen molar-refractivity contribution in [2.45, 2.75) is 33.1 Å². The lowest BCUT2D eigenvalue weighted by atomic mass is 9.87. The maximum absolute atomic E-state index is 12.1. The van der Waals surface area contributed by atoms with E-state index in [4.69, 9.17) is 5.11 Å². The largest absolute Gasteiger partial charge is 0.480 e. The van der Waals surface area contributed by atoms with Crippen LogP contribution in [0.3, 0.4) is 0 Å². The molecule has 0 saturated carbocycles. The maximum atomic E-state index is 12.1. The lowest BCUT2D eigenvalue weighted by Gasteiger charge is -2.21. The quantitative estimate of drug-likeness (QED) is 0.550. The number of carboxylic acid groups (broad SMARTS) is 1. The van der Waals surface area contributed by atoms with Crippen molar-refractivity contribution < 1.29 is 28.2 Å². The lowest BCUT2D eigenvalue weighted by Crippen LogP contribution is -2.39. The molecule has 4 nitrogen and oxygen atoms in total. The Kier molecular flexibility index (Phi) is 5.18. The highest BCUT2D eigenvalue weighted by molar-refractivity contribution is 5.98. The zero-order valence-electron chi connectivity index (χ0n) is 8.63. The minimum Gasteiger partial charge on any atom is -0.480 e. The predicted octanol–water partition coefficient (Wildman–Crippen LogP) is 1.69. The first-order valence-corrected chi connectivity index (χ1v) is 4.53. The Morgan fingerprint density at radius 3 is 2.33 bits per heavy atom. The molecule has 0 aromatic rings. The molecule has 0 heterocycles. The number of rotatable bonds is 6. The van der Waals surface area contributed by atoms with Crippen LogP contribution in [-0.2, 0) is 14.3 Å². The van der Waals surface area contributed by atoms with Crippen LogP contribution in [0.4, 0.5) is 8.78 Å². The Morgan fingerprint density at radius 2 is 2.00 bits per heavy atom. The first-order chi connectivity index (χ1) is 6.84. The molecule has 88 valence electrons. The molecule has 0 aliphatic rings. The second kappa shape index (κ2) is 5.63. The van der Waals surface area contributed by atoms with E-state index in [1.165, 1.54) is 0 Å². The molecular weight excluding hydrogens is 210 g/mol. The van der Waals surface area contributed by atoms with Crippen molar-refractivity contribution in [2.75, 3.05) is 6.61 Å². The highest BCUT2D eigenvalue weighted by Crippen LogP contribution is 2.27. The van der Waals surface area contributed by atoms with E-state index in [0.717, 1.165) is 6.92 Å². The van der Waals surface area contributed by atoms with Gasteiger partial charge in [-0.15, -0.1) is 0 Å². The summed E-state index contributed by atoms with van der Waals surface area (Å²) in [6.07, 6.45) is -3.39. The SMILES string of the molecule is CCCOC(=O)[C@](C)(CC(F)F)C(=O)O. The molecule has 0 bridgehead atoms. The van der Waals surface area contributed by atoms with E-state index >= 15 is 0 Å². The second-order valence-corrected chi connectivity index (χ2v) is 3.37. The molecule has 0 unspecified atom stereocenters. The number of carbonyl (C=O) groups excluding carboxylic acids is 1. The number of carbonyl (C=O) groups is 2. The Labute approximate surface area is 86.2 Å². The average molecular weight is 224 g/mol. The average Bonchev–Trinajstić information content (AvgIpc) is 2.12. The van der Waals surface area contributed by atoms with E-state index in [-0.39, 0.29) is 6.61 Å². The third-order valence-corrected chi connectivity index (χ3v) is 1.92. The third-order valence-electron chi connectivity index (χ3n) is 1.92. The molecule has 1 N–H and O–H groups in total. The molecule has 0 aromatic carbocycles. The molecule has 0 aliphatic heterocycles. The summed E-state index contributed by atoms with van der Waals surface area (Å²) in [6, 6.07) is 0. The monoisotopic (exact) mass is 224 g/mol. The molecule has 0 saturated heterocycles. The summed E-state index contributed by atoms with van der Waals surface area (Å²) < 4.78 is 28.8. The first kappa shape index (κ1) is 13.8. The fourth-order valence-electron chi connectivity index (χ4n) is 0.921. The minimum absolute atomic E-state index is 0.0327. The van der Waals surface area contributed by atoms with Crippen molar-refractivity contribution in [3.63, 3.8) is 0 Å². The number of hydrogen-bond donors (Lipinski definition) is 1. The molecule has 0 aromatic heterocycles. The maximum Gasteiger partial charge on any atom is 0.323 e. The molecular formula is C9H14F2O4. The summed E-state index contributed by atoms with van der Waals surface area (Å²) in [4.78, 5) is 22.0. The van der Waals surface area contributed by atoms with Crippen LogP contribution in [0.2, 0.25) is 0 Å². The Bertz CT molecular complexity index is 242. The van der Waals surface area contributed by atoms with Crippen molar-refractivity contribution in [1.82, 2.24) is 0 Å². The summed E-state index contributed by atoms with van der Waals surface area (Å²) in [5, 5.41) is 8.72. The highest BCUT2D eigenvalue weighted by Gasteiger charge is 2.45. The summed E-state index contributed by atoms with van der Waals surface area (Å²) in [6.45, 7) is 2.70. The van der Waals surface area contributed by atoms with Gasteiger partial charge >= 0.3 is 11.9 Å². The molecule has 0 amide bonds. The van der Waals surface area contributed by atoms with Gasteiger partial charge in [-0.05, 0) is 13.3 Å². The molecule has 1 atom stereocenters. The van der Waals surface area contributed by atoms with Gasteiger partial charge in [-0.25, -0.2) is 8.78 Å². The van der Waals surface area contributed by atoms with Gasteiger partial charge in [0.2, 0.25) is 6.43 Å². The van der Waals surface area contributed by atoms with Crippen LogP contribution >= 0.6 is 0 Å². The van der Waals surface area contributed by atoms with Gasteiger partial charge in [0.05, 0.1) is 6.61 Å². The van der Waals surface area contributed by atoms with Gasteiger partial charge in [-0.1, -0.05) is 6.92 Å². The minimum atomic E-state index is -2.86. The number of aliphatic carboxylic acids is 1. The smallest absolute Gasteiger partial charge is 0.323 e. The predicted molar refractivity (Wildman–Crippen MR) is 47.6 cm³/mol. The van der Waals surface area contributed by atoms with E-state index < -0.39 is 30.2 Å². The fraction of sp³-hybridized carbons (Fsp3) is 0.778. The van der Waals surface area contributed by atoms with Gasteiger partial charge in [0.25, 0.3) is 0 Å². The van der Waals surface area contributed by atoms with Crippen LogP contribution in [0.5, 0.6) is 0 Å². The van der Waals surface area contributed by atoms with E-state index in [9.17, 15) is 18.4 Å². The molecule has 0 aliphatic carbocycles. The van der Waals surface area contributed by atoms with Gasteiger partial charge in [0.15, 0.2) is 5.41 Å². The number of alkyl halides is 2. The Hall–Kier alpha value is -1.20. The van der Waals surface area contributed by atoms with Crippen LogP contribution in [0, 0.1) is 5.41 Å². The number of carboxylic acids is 1. The van der Waals surface area contributed by atoms with Crippen LogP contribution in [0.15, 0.2) is 0 Å². The fourth-order valence-corrected chi connectivity index (χ4v) is 0.921. The van der Waals surface area contributed by atoms with E-state index in [0.29, 0.717) is 6.42 Å². The topological polar surface area (TPSA) is 63.6 Å². The summed E-state index contributed by atoms with van der Waals surface area (Å²) >= 11 is 0. The van der Waals surface area contributed by atoms with Crippen molar-refractivity contribution in [3.05, 3.63) is 0 Å². The lowest BCUT2D eigenvalue weighted by molar-refractivity contribution is -0.170. The number of ether oxygens (including phenoxy) is 1. The van der Waals surface area contributed by atoms with Gasteiger partial charge in [-0.3, -0.25) is 9.59 Å². The molecule has 0 radical (unpaired) electrons. The number of esters is 1.